The minimum absolute atomic E-state index is 0.526. The molecule has 0 bridgehead atoms. The standard InChI is InChI=1S/C23H24N4.C22H23N5/c1-15-9-19(11-21-14-27(2)26-23(15)21)17-3-4-18-12-22(25-13-20(18)10-17)16-5-7-24-8-6-16;1-14-9-17(10-18-13-27(2)26-22(14)18)16-3-4-19-20(11-16)24-12-21(25-19)15-5-7-23-8-6-15/h3-4,9-14,16,24H,5-8H2,1-2H3;3-4,9-13,15,23H,5-8H2,1-2H3. The van der Waals surface area contributed by atoms with Crippen molar-refractivity contribution in [2.75, 3.05) is 26.2 Å². The van der Waals surface area contributed by atoms with E-state index in [-0.39, 0.29) is 0 Å². The molecule has 0 spiro atoms. The van der Waals surface area contributed by atoms with Crippen LogP contribution in [0.5, 0.6) is 0 Å². The SMILES string of the molecule is Cc1cc(-c2ccc3cc(C4CCNCC4)ncc3c2)cc2cn(C)nc12.Cc1cc(-c2ccc3nc(C4CCNCC4)cnc3c2)cc2cn(C)nc12. The van der Waals surface area contributed by atoms with Crippen LogP contribution in [0.25, 0.3) is 65.9 Å². The van der Waals surface area contributed by atoms with Gasteiger partial charge in [-0.05, 0) is 153 Å². The Labute approximate surface area is 315 Å². The van der Waals surface area contributed by atoms with Crippen molar-refractivity contribution in [3.05, 3.63) is 114 Å². The zero-order chi connectivity index (χ0) is 36.8. The van der Waals surface area contributed by atoms with Crippen LogP contribution >= 0.6 is 0 Å². The lowest BCUT2D eigenvalue weighted by Crippen LogP contribution is -2.27. The smallest absolute Gasteiger partial charge is 0.0952 e. The molecule has 0 radical (unpaired) electrons. The maximum Gasteiger partial charge on any atom is 0.0952 e. The van der Waals surface area contributed by atoms with E-state index in [9.17, 15) is 0 Å². The molecule has 9 nitrogen and oxygen atoms in total. The topological polar surface area (TPSA) is 98.4 Å². The molecule has 272 valence electrons. The average molecular weight is 714 g/mol. The second-order valence-electron chi connectivity index (χ2n) is 15.3. The molecule has 0 saturated carbocycles. The molecule has 0 aliphatic carbocycles. The summed E-state index contributed by atoms with van der Waals surface area (Å²) in [6.45, 7) is 8.58. The van der Waals surface area contributed by atoms with Crippen LogP contribution in [-0.4, -0.2) is 60.7 Å². The molecule has 0 amide bonds. The summed E-state index contributed by atoms with van der Waals surface area (Å²) < 4.78 is 3.75. The second kappa shape index (κ2) is 14.4. The number of fused-ring (bicyclic) bond motifs is 4. The van der Waals surface area contributed by atoms with Crippen molar-refractivity contribution < 1.29 is 0 Å². The van der Waals surface area contributed by atoms with Gasteiger partial charge in [0.15, 0.2) is 0 Å². The van der Waals surface area contributed by atoms with E-state index in [4.69, 9.17) is 15.0 Å². The van der Waals surface area contributed by atoms with Gasteiger partial charge in [0.05, 0.1) is 27.8 Å². The van der Waals surface area contributed by atoms with E-state index in [1.54, 1.807) is 0 Å². The highest BCUT2D eigenvalue weighted by molar-refractivity contribution is 5.92. The Bertz CT molecular complexity index is 2460. The molecule has 0 atom stereocenters. The van der Waals surface area contributed by atoms with Crippen LogP contribution in [0.4, 0.5) is 0 Å². The van der Waals surface area contributed by atoms with Gasteiger partial charge in [-0.1, -0.05) is 18.2 Å². The maximum absolute atomic E-state index is 4.90. The molecule has 8 aromatic rings. The lowest BCUT2D eigenvalue weighted by Gasteiger charge is -2.22. The second-order valence-corrected chi connectivity index (χ2v) is 15.3. The number of benzene rings is 4. The number of aryl methyl sites for hydroxylation is 4. The van der Waals surface area contributed by atoms with Gasteiger partial charge in [-0.3, -0.25) is 19.3 Å². The first-order chi connectivity index (χ1) is 26.3. The molecular formula is C45H47N9. The average Bonchev–Trinajstić information content (AvgIpc) is 3.79. The lowest BCUT2D eigenvalue weighted by molar-refractivity contribution is 0.453. The quantitative estimate of drug-likeness (QED) is 0.189. The Kier molecular flexibility index (Phi) is 9.12. The predicted octanol–water partition coefficient (Wildman–Crippen LogP) is 8.52. The van der Waals surface area contributed by atoms with Gasteiger partial charge in [-0.2, -0.15) is 10.2 Å². The summed E-state index contributed by atoms with van der Waals surface area (Å²) in [5, 5.41) is 20.8. The Morgan fingerprint density at radius 2 is 1.07 bits per heavy atom. The summed E-state index contributed by atoms with van der Waals surface area (Å²) in [5.74, 6) is 1.12. The Morgan fingerprint density at radius 3 is 1.70 bits per heavy atom. The summed E-state index contributed by atoms with van der Waals surface area (Å²) in [7, 11) is 3.94. The van der Waals surface area contributed by atoms with Crippen molar-refractivity contribution in [1.29, 1.82) is 0 Å². The third kappa shape index (κ3) is 6.85. The van der Waals surface area contributed by atoms with Crippen molar-refractivity contribution in [2.24, 2.45) is 14.1 Å². The van der Waals surface area contributed by atoms with E-state index >= 15 is 0 Å². The van der Waals surface area contributed by atoms with Crippen molar-refractivity contribution in [3.8, 4) is 22.3 Å². The zero-order valence-corrected chi connectivity index (χ0v) is 31.6. The summed E-state index contributed by atoms with van der Waals surface area (Å²) in [4.78, 5) is 14.4. The molecule has 2 saturated heterocycles. The highest BCUT2D eigenvalue weighted by Gasteiger charge is 2.19. The number of nitrogens with zero attached hydrogens (tertiary/aromatic N) is 7. The van der Waals surface area contributed by atoms with Gasteiger partial charge >= 0.3 is 0 Å². The summed E-state index contributed by atoms with van der Waals surface area (Å²) >= 11 is 0. The fraction of sp³-hybridized carbons (Fsp3) is 0.311. The van der Waals surface area contributed by atoms with Crippen LogP contribution in [0, 0.1) is 13.8 Å². The Balaban J connectivity index is 0.000000142. The number of pyridine rings is 1. The van der Waals surface area contributed by atoms with Crippen LogP contribution in [-0.2, 0) is 14.1 Å². The van der Waals surface area contributed by atoms with Crippen LogP contribution < -0.4 is 10.6 Å². The third-order valence-electron chi connectivity index (χ3n) is 11.3. The first-order valence-corrected chi connectivity index (χ1v) is 19.3. The number of nitrogens with one attached hydrogen (secondary N) is 2. The fourth-order valence-electron chi connectivity index (χ4n) is 8.39. The molecule has 4 aromatic heterocycles. The van der Waals surface area contributed by atoms with Gasteiger partial charge < -0.3 is 10.6 Å². The van der Waals surface area contributed by atoms with Crippen molar-refractivity contribution >= 4 is 43.6 Å². The summed E-state index contributed by atoms with van der Waals surface area (Å²) in [6.07, 6.45) is 12.8. The number of aromatic nitrogens is 7. The summed E-state index contributed by atoms with van der Waals surface area (Å²) in [5.41, 5.74) is 13.7. The van der Waals surface area contributed by atoms with E-state index in [1.165, 1.54) is 73.5 Å². The highest BCUT2D eigenvalue weighted by atomic mass is 15.2. The molecule has 9 heteroatoms. The Hall–Kier alpha value is -5.51. The number of rotatable bonds is 4. The predicted molar refractivity (Wildman–Crippen MR) is 220 cm³/mol. The Morgan fingerprint density at radius 1 is 0.519 bits per heavy atom. The van der Waals surface area contributed by atoms with Crippen molar-refractivity contribution in [1.82, 2.24) is 45.1 Å². The van der Waals surface area contributed by atoms with Gasteiger partial charge in [-0.25, -0.2) is 4.98 Å². The van der Waals surface area contributed by atoms with Crippen LogP contribution in [0.1, 0.15) is 60.0 Å². The minimum atomic E-state index is 0.526. The molecule has 0 unspecified atom stereocenters. The van der Waals surface area contributed by atoms with Crippen LogP contribution in [0.2, 0.25) is 0 Å². The molecule has 2 N–H and O–H groups in total. The molecular weight excluding hydrogens is 667 g/mol. The zero-order valence-electron chi connectivity index (χ0n) is 31.6. The number of hydrogen-bond donors (Lipinski definition) is 2. The van der Waals surface area contributed by atoms with Crippen molar-refractivity contribution in [3.63, 3.8) is 0 Å². The molecule has 2 fully saturated rings. The number of piperidine rings is 2. The largest absolute Gasteiger partial charge is 0.317 e. The van der Waals surface area contributed by atoms with Gasteiger partial charge in [-0.15, -0.1) is 0 Å². The monoisotopic (exact) mass is 713 g/mol. The van der Waals surface area contributed by atoms with E-state index in [0.717, 1.165) is 66.8 Å². The highest BCUT2D eigenvalue weighted by Crippen LogP contribution is 2.32. The lowest BCUT2D eigenvalue weighted by atomic mass is 9.92. The number of hydrogen-bond acceptors (Lipinski definition) is 7. The maximum atomic E-state index is 4.90. The molecule has 2 aliphatic heterocycles. The van der Waals surface area contributed by atoms with E-state index < -0.39 is 0 Å². The normalized spacial score (nSPS) is 15.6. The molecule has 4 aromatic carbocycles. The molecule has 10 rings (SSSR count). The molecule has 2 aliphatic rings. The first-order valence-electron chi connectivity index (χ1n) is 19.3. The minimum Gasteiger partial charge on any atom is -0.317 e. The van der Waals surface area contributed by atoms with Crippen LogP contribution in [0.3, 0.4) is 0 Å². The van der Waals surface area contributed by atoms with E-state index in [2.05, 4.69) is 114 Å². The van der Waals surface area contributed by atoms with Gasteiger partial charge in [0.25, 0.3) is 0 Å². The summed E-state index contributed by atoms with van der Waals surface area (Å²) in [6, 6.07) is 24.3. The third-order valence-corrected chi connectivity index (χ3v) is 11.3. The van der Waals surface area contributed by atoms with Crippen LogP contribution in [0.15, 0.2) is 91.5 Å². The van der Waals surface area contributed by atoms with E-state index in [1.807, 2.05) is 35.9 Å². The van der Waals surface area contributed by atoms with E-state index in [0.29, 0.717) is 11.8 Å². The molecule has 6 heterocycles. The van der Waals surface area contributed by atoms with Gasteiger partial charge in [0.1, 0.15) is 0 Å². The van der Waals surface area contributed by atoms with Crippen molar-refractivity contribution in [2.45, 2.75) is 51.4 Å². The first kappa shape index (κ1) is 34.3. The fourth-order valence-corrected chi connectivity index (χ4v) is 8.39. The van der Waals surface area contributed by atoms with Gasteiger partial charge in [0, 0.05) is 72.6 Å². The molecule has 54 heavy (non-hydrogen) atoms. The van der Waals surface area contributed by atoms with Gasteiger partial charge in [0.2, 0.25) is 0 Å².